The number of aromatic nitrogens is 3. The van der Waals surface area contributed by atoms with Crippen molar-refractivity contribution in [3.05, 3.63) is 35.4 Å². The molecule has 0 spiro atoms. The molecule has 1 aliphatic rings. The van der Waals surface area contributed by atoms with E-state index >= 15 is 0 Å². The number of aryl methyl sites for hydroxylation is 2. The Morgan fingerprint density at radius 3 is 2.63 bits per heavy atom. The first kappa shape index (κ1) is 18.3. The average molecular weight is 383 g/mol. The predicted molar refractivity (Wildman–Crippen MR) is 110 cm³/mol. The molecule has 1 aromatic carbocycles. The maximum atomic E-state index is 12.9. The van der Waals surface area contributed by atoms with Gasteiger partial charge in [-0.2, -0.15) is 0 Å². The standard InChI is InChI=1S/C21H26N4OS/c1-13-8-9-18-17(10-13)11-14(2)20-22-23-21(25(18)20)27-12-19(26)24-15(3)6-5-7-16(24)4/h8-11,15-16H,5-7,12H2,1-4H3/t15-,16+. The van der Waals surface area contributed by atoms with Gasteiger partial charge in [0.05, 0.1) is 11.3 Å². The number of carbonyl (C=O) groups excluding carboxylic acids is 1. The van der Waals surface area contributed by atoms with Crippen LogP contribution in [0.4, 0.5) is 0 Å². The number of nitrogens with zero attached hydrogens (tertiary/aromatic N) is 4. The summed E-state index contributed by atoms with van der Waals surface area (Å²) >= 11 is 1.49. The van der Waals surface area contributed by atoms with Crippen LogP contribution in [-0.4, -0.2) is 43.2 Å². The number of amides is 1. The first-order valence-electron chi connectivity index (χ1n) is 9.65. The van der Waals surface area contributed by atoms with Crippen LogP contribution in [0.15, 0.2) is 29.4 Å². The number of benzene rings is 1. The molecule has 6 heteroatoms. The van der Waals surface area contributed by atoms with Crippen molar-refractivity contribution in [2.75, 3.05) is 5.75 Å². The first-order chi connectivity index (χ1) is 13.0. The molecular weight excluding hydrogens is 356 g/mol. The van der Waals surface area contributed by atoms with Crippen molar-refractivity contribution in [1.82, 2.24) is 19.5 Å². The molecule has 27 heavy (non-hydrogen) atoms. The third-order valence-corrected chi connectivity index (χ3v) is 6.50. The molecule has 2 atom stereocenters. The molecule has 0 unspecified atom stereocenters. The fourth-order valence-corrected chi connectivity index (χ4v) is 5.05. The number of hydrogen-bond donors (Lipinski definition) is 0. The maximum absolute atomic E-state index is 12.9. The zero-order valence-electron chi connectivity index (χ0n) is 16.4. The fraction of sp³-hybridized carbons (Fsp3) is 0.476. The predicted octanol–water partition coefficient (Wildman–Crippen LogP) is 4.38. The number of pyridine rings is 1. The Bertz CT molecular complexity index is 1000. The monoisotopic (exact) mass is 382 g/mol. The van der Waals surface area contributed by atoms with Crippen molar-refractivity contribution in [2.24, 2.45) is 0 Å². The van der Waals surface area contributed by atoms with Crippen LogP contribution in [-0.2, 0) is 4.79 Å². The lowest BCUT2D eigenvalue weighted by molar-refractivity contribution is -0.134. The molecule has 4 rings (SSSR count). The summed E-state index contributed by atoms with van der Waals surface area (Å²) in [6, 6.07) is 9.20. The molecule has 3 heterocycles. The minimum absolute atomic E-state index is 0.198. The minimum Gasteiger partial charge on any atom is -0.337 e. The van der Waals surface area contributed by atoms with Crippen molar-refractivity contribution in [3.8, 4) is 0 Å². The largest absolute Gasteiger partial charge is 0.337 e. The Morgan fingerprint density at radius 1 is 1.15 bits per heavy atom. The van der Waals surface area contributed by atoms with Gasteiger partial charge in [0.15, 0.2) is 10.8 Å². The summed E-state index contributed by atoms with van der Waals surface area (Å²) in [5.74, 6) is 0.598. The van der Waals surface area contributed by atoms with Crippen LogP contribution in [0.1, 0.15) is 44.2 Å². The molecule has 0 aliphatic carbocycles. The lowest BCUT2D eigenvalue weighted by Crippen LogP contribution is -2.48. The number of likely N-dealkylation sites (tertiary alicyclic amines) is 1. The summed E-state index contributed by atoms with van der Waals surface area (Å²) < 4.78 is 2.09. The van der Waals surface area contributed by atoms with Crippen LogP contribution in [0.3, 0.4) is 0 Å². The normalized spacial score (nSPS) is 20.5. The number of piperidine rings is 1. The van der Waals surface area contributed by atoms with Gasteiger partial charge in [-0.1, -0.05) is 23.4 Å². The van der Waals surface area contributed by atoms with E-state index in [0.29, 0.717) is 17.8 Å². The van der Waals surface area contributed by atoms with Gasteiger partial charge in [-0.3, -0.25) is 9.20 Å². The SMILES string of the molecule is Cc1ccc2c(c1)cc(C)c1nnc(SCC(=O)N3[C@H](C)CCC[C@@H]3C)n12. The highest BCUT2D eigenvalue weighted by Crippen LogP contribution is 2.28. The van der Waals surface area contributed by atoms with E-state index in [1.165, 1.54) is 29.1 Å². The van der Waals surface area contributed by atoms with Gasteiger partial charge in [0.1, 0.15) is 0 Å². The lowest BCUT2D eigenvalue weighted by Gasteiger charge is -2.39. The zero-order valence-corrected chi connectivity index (χ0v) is 17.2. The summed E-state index contributed by atoms with van der Waals surface area (Å²) in [6.45, 7) is 8.47. The van der Waals surface area contributed by atoms with Crippen molar-refractivity contribution in [3.63, 3.8) is 0 Å². The van der Waals surface area contributed by atoms with Gasteiger partial charge in [-0.25, -0.2) is 0 Å². The summed E-state index contributed by atoms with van der Waals surface area (Å²) in [6.07, 6.45) is 3.40. The number of fused-ring (bicyclic) bond motifs is 3. The van der Waals surface area contributed by atoms with Gasteiger partial charge < -0.3 is 4.90 Å². The zero-order chi connectivity index (χ0) is 19.1. The Balaban J connectivity index is 1.64. The highest BCUT2D eigenvalue weighted by molar-refractivity contribution is 7.99. The maximum Gasteiger partial charge on any atom is 0.233 e. The quantitative estimate of drug-likeness (QED) is 0.631. The number of rotatable bonds is 3. The van der Waals surface area contributed by atoms with E-state index in [-0.39, 0.29) is 5.91 Å². The molecule has 1 saturated heterocycles. The van der Waals surface area contributed by atoms with Crippen LogP contribution < -0.4 is 0 Å². The highest BCUT2D eigenvalue weighted by Gasteiger charge is 2.29. The fourth-order valence-electron chi connectivity index (χ4n) is 4.24. The summed E-state index contributed by atoms with van der Waals surface area (Å²) in [4.78, 5) is 14.9. The van der Waals surface area contributed by atoms with Gasteiger partial charge in [0, 0.05) is 12.1 Å². The van der Waals surface area contributed by atoms with E-state index in [0.717, 1.165) is 34.7 Å². The number of hydrogen-bond acceptors (Lipinski definition) is 4. The average Bonchev–Trinajstić information content (AvgIpc) is 3.04. The van der Waals surface area contributed by atoms with Crippen LogP contribution in [0.5, 0.6) is 0 Å². The van der Waals surface area contributed by atoms with E-state index < -0.39 is 0 Å². The molecule has 2 aromatic heterocycles. The van der Waals surface area contributed by atoms with E-state index in [1.54, 1.807) is 0 Å². The van der Waals surface area contributed by atoms with Crippen LogP contribution in [0.25, 0.3) is 16.6 Å². The number of thioether (sulfide) groups is 1. The molecule has 0 N–H and O–H groups in total. The molecule has 142 valence electrons. The third kappa shape index (κ3) is 3.31. The van der Waals surface area contributed by atoms with Crippen molar-refractivity contribution < 1.29 is 4.79 Å². The molecule has 5 nitrogen and oxygen atoms in total. The Labute approximate surface area is 164 Å². The van der Waals surface area contributed by atoms with Crippen LogP contribution >= 0.6 is 11.8 Å². The van der Waals surface area contributed by atoms with E-state index in [1.807, 2.05) is 0 Å². The molecule has 0 bridgehead atoms. The lowest BCUT2D eigenvalue weighted by atomic mass is 9.98. The second kappa shape index (κ2) is 7.15. The van der Waals surface area contributed by atoms with Gasteiger partial charge in [-0.15, -0.1) is 10.2 Å². The van der Waals surface area contributed by atoms with E-state index in [2.05, 4.69) is 71.5 Å². The van der Waals surface area contributed by atoms with Crippen molar-refractivity contribution >= 4 is 34.2 Å². The van der Waals surface area contributed by atoms with Gasteiger partial charge >= 0.3 is 0 Å². The Kier molecular flexibility index (Phi) is 4.84. The molecule has 3 aromatic rings. The smallest absolute Gasteiger partial charge is 0.233 e. The first-order valence-corrected chi connectivity index (χ1v) is 10.6. The van der Waals surface area contributed by atoms with Crippen molar-refractivity contribution in [2.45, 2.75) is 64.2 Å². The molecule has 0 radical (unpaired) electrons. The minimum atomic E-state index is 0.198. The Hall–Kier alpha value is -2.08. The summed E-state index contributed by atoms with van der Waals surface area (Å²) in [5.41, 5.74) is 4.27. The number of carbonyl (C=O) groups is 1. The van der Waals surface area contributed by atoms with E-state index in [9.17, 15) is 4.79 Å². The molecular formula is C21H26N4OS. The second-order valence-corrected chi connectivity index (χ2v) is 8.69. The van der Waals surface area contributed by atoms with E-state index in [4.69, 9.17) is 0 Å². The van der Waals surface area contributed by atoms with Gasteiger partial charge in [0.2, 0.25) is 5.91 Å². The van der Waals surface area contributed by atoms with Gasteiger partial charge in [0.25, 0.3) is 0 Å². The second-order valence-electron chi connectivity index (χ2n) is 7.75. The van der Waals surface area contributed by atoms with Gasteiger partial charge in [-0.05, 0) is 76.1 Å². The highest BCUT2D eigenvalue weighted by atomic mass is 32.2. The Morgan fingerprint density at radius 2 is 1.89 bits per heavy atom. The third-order valence-electron chi connectivity index (χ3n) is 5.59. The summed E-state index contributed by atoms with van der Waals surface area (Å²) in [5, 5.41) is 10.7. The van der Waals surface area contributed by atoms with Crippen molar-refractivity contribution in [1.29, 1.82) is 0 Å². The molecule has 1 fully saturated rings. The molecule has 1 amide bonds. The topological polar surface area (TPSA) is 50.5 Å². The molecule has 1 aliphatic heterocycles. The summed E-state index contributed by atoms with van der Waals surface area (Å²) in [7, 11) is 0. The van der Waals surface area contributed by atoms with Crippen LogP contribution in [0.2, 0.25) is 0 Å². The van der Waals surface area contributed by atoms with Crippen LogP contribution in [0, 0.1) is 13.8 Å². The molecule has 0 saturated carbocycles.